The van der Waals surface area contributed by atoms with E-state index in [2.05, 4.69) is 80.3 Å². The van der Waals surface area contributed by atoms with Gasteiger partial charge < -0.3 is 14.0 Å². The summed E-state index contributed by atoms with van der Waals surface area (Å²) in [6.07, 6.45) is 1.58. The maximum absolute atomic E-state index is 14.1. The molecule has 41 heavy (non-hydrogen) atoms. The van der Waals surface area contributed by atoms with Crippen molar-refractivity contribution in [1.29, 1.82) is 0 Å². The summed E-state index contributed by atoms with van der Waals surface area (Å²) in [5, 5.41) is 0. The van der Waals surface area contributed by atoms with E-state index in [1.807, 2.05) is 31.2 Å². The molecule has 0 fully saturated rings. The molecule has 212 valence electrons. The minimum atomic E-state index is -0.772. The van der Waals surface area contributed by atoms with Gasteiger partial charge in [-0.15, -0.1) is 0 Å². The molecule has 0 saturated carbocycles. The molecular formula is C31H29BrIN3O4S. The molecule has 0 spiro atoms. The van der Waals surface area contributed by atoms with E-state index in [1.54, 1.807) is 32.4 Å². The molecule has 1 atom stereocenters. The van der Waals surface area contributed by atoms with E-state index in [0.717, 1.165) is 27.1 Å². The number of aryl methyl sites for hydroxylation is 1. The van der Waals surface area contributed by atoms with Gasteiger partial charge in [0.15, 0.2) is 4.80 Å². The molecule has 0 aliphatic carbocycles. The Morgan fingerprint density at radius 2 is 1.83 bits per heavy atom. The number of carbonyl (C=O) groups excluding carboxylic acids is 1. The van der Waals surface area contributed by atoms with Crippen LogP contribution in [0.3, 0.4) is 0 Å². The molecule has 0 N–H and O–H groups in total. The van der Waals surface area contributed by atoms with E-state index in [1.165, 1.54) is 14.9 Å². The van der Waals surface area contributed by atoms with E-state index in [0.29, 0.717) is 31.9 Å². The van der Waals surface area contributed by atoms with Gasteiger partial charge in [0.05, 0.1) is 29.0 Å². The first-order valence-electron chi connectivity index (χ1n) is 13.0. The number of rotatable bonds is 6. The number of hydrogen-bond acceptors (Lipinski definition) is 6. The Balaban J connectivity index is 1.72. The molecule has 3 heterocycles. The number of benzene rings is 2. The Hall–Kier alpha value is -2.96. The second kappa shape index (κ2) is 11.7. The van der Waals surface area contributed by atoms with Crippen molar-refractivity contribution in [2.75, 3.05) is 7.11 Å². The molecule has 4 aromatic rings. The predicted molar refractivity (Wildman–Crippen MR) is 174 cm³/mol. The Kier molecular flexibility index (Phi) is 8.45. The lowest BCUT2D eigenvalue weighted by atomic mass is 9.95. The van der Waals surface area contributed by atoms with Crippen LogP contribution in [-0.4, -0.2) is 28.3 Å². The van der Waals surface area contributed by atoms with Crippen LogP contribution in [0.5, 0.6) is 5.75 Å². The van der Waals surface area contributed by atoms with Gasteiger partial charge >= 0.3 is 5.97 Å². The third-order valence-corrected chi connectivity index (χ3v) is 9.11. The van der Waals surface area contributed by atoms with Crippen molar-refractivity contribution in [2.45, 2.75) is 46.8 Å². The van der Waals surface area contributed by atoms with Crippen LogP contribution in [0.2, 0.25) is 0 Å². The lowest BCUT2D eigenvalue weighted by Gasteiger charge is -2.26. The summed E-state index contributed by atoms with van der Waals surface area (Å²) in [7, 11) is 1.57. The summed E-state index contributed by atoms with van der Waals surface area (Å²) in [6, 6.07) is 15.2. The highest BCUT2D eigenvalue weighted by atomic mass is 127. The van der Waals surface area contributed by atoms with Gasteiger partial charge in [0.1, 0.15) is 11.8 Å². The van der Waals surface area contributed by atoms with Gasteiger partial charge in [0.2, 0.25) is 0 Å². The molecule has 10 heteroatoms. The number of allylic oxidation sites excluding steroid dienone is 1. The van der Waals surface area contributed by atoms with Crippen molar-refractivity contribution in [3.63, 3.8) is 0 Å². The van der Waals surface area contributed by atoms with Crippen molar-refractivity contribution in [3.05, 3.63) is 110 Å². The molecule has 7 nitrogen and oxygen atoms in total. The van der Waals surface area contributed by atoms with Gasteiger partial charge in [0, 0.05) is 30.7 Å². The summed E-state index contributed by atoms with van der Waals surface area (Å²) in [6.45, 7) is 9.47. The number of methoxy groups -OCH3 is 1. The molecule has 0 bridgehead atoms. The van der Waals surface area contributed by atoms with Gasteiger partial charge in [0.25, 0.3) is 5.56 Å². The smallest absolute Gasteiger partial charge is 0.338 e. The third kappa shape index (κ3) is 5.61. The number of esters is 1. The van der Waals surface area contributed by atoms with E-state index in [-0.39, 0.29) is 11.7 Å². The molecule has 1 aliphatic rings. The minimum absolute atomic E-state index is 0.234. The second-order valence-electron chi connectivity index (χ2n) is 10.1. The van der Waals surface area contributed by atoms with Crippen molar-refractivity contribution in [1.82, 2.24) is 9.13 Å². The number of ether oxygens (including phenoxy) is 2. The first-order chi connectivity index (χ1) is 19.5. The first kappa shape index (κ1) is 29.5. The summed E-state index contributed by atoms with van der Waals surface area (Å²) in [4.78, 5) is 32.8. The fourth-order valence-corrected chi connectivity index (χ4v) is 6.91. The number of nitrogens with zero attached hydrogens (tertiary/aromatic N) is 3. The summed E-state index contributed by atoms with van der Waals surface area (Å²) < 4.78 is 17.6. The Labute approximate surface area is 264 Å². The van der Waals surface area contributed by atoms with Gasteiger partial charge in [-0.3, -0.25) is 9.36 Å². The van der Waals surface area contributed by atoms with Crippen LogP contribution >= 0.6 is 49.9 Å². The molecule has 2 aromatic carbocycles. The van der Waals surface area contributed by atoms with Crippen LogP contribution in [0.4, 0.5) is 0 Å². The lowest BCUT2D eigenvalue weighted by molar-refractivity contribution is -0.143. The number of carbonyl (C=O) groups is 1. The molecule has 0 radical (unpaired) electrons. The molecule has 0 unspecified atom stereocenters. The maximum atomic E-state index is 14.1. The van der Waals surface area contributed by atoms with Crippen LogP contribution in [0, 0.1) is 17.4 Å². The van der Waals surface area contributed by atoms with Crippen LogP contribution < -0.4 is 19.6 Å². The lowest BCUT2D eigenvalue weighted by Crippen LogP contribution is -2.40. The van der Waals surface area contributed by atoms with Crippen LogP contribution in [-0.2, 0) is 9.53 Å². The average molecular weight is 746 g/mol. The number of aromatic nitrogens is 2. The molecular weight excluding hydrogens is 717 g/mol. The van der Waals surface area contributed by atoms with Gasteiger partial charge in [-0.1, -0.05) is 27.3 Å². The van der Waals surface area contributed by atoms with Crippen molar-refractivity contribution in [3.8, 4) is 11.4 Å². The Morgan fingerprint density at radius 1 is 1.12 bits per heavy atom. The first-order valence-corrected chi connectivity index (χ1v) is 15.7. The maximum Gasteiger partial charge on any atom is 0.338 e. The molecule has 2 aromatic heterocycles. The highest BCUT2D eigenvalue weighted by Crippen LogP contribution is 2.37. The minimum Gasteiger partial charge on any atom is -0.496 e. The normalized spacial score (nSPS) is 15.2. The Morgan fingerprint density at radius 3 is 2.49 bits per heavy atom. The highest BCUT2D eigenvalue weighted by Gasteiger charge is 2.35. The zero-order valence-electron chi connectivity index (χ0n) is 23.5. The number of thiazole rings is 1. The molecule has 0 saturated heterocycles. The van der Waals surface area contributed by atoms with E-state index >= 15 is 0 Å². The zero-order valence-corrected chi connectivity index (χ0v) is 28.0. The third-order valence-electron chi connectivity index (χ3n) is 6.91. The van der Waals surface area contributed by atoms with Crippen molar-refractivity contribution < 1.29 is 14.3 Å². The second-order valence-corrected chi connectivity index (χ2v) is 13.2. The molecule has 0 amide bonds. The zero-order chi connectivity index (χ0) is 29.6. The topological polar surface area (TPSA) is 74.8 Å². The quantitative estimate of drug-likeness (QED) is 0.180. The summed E-state index contributed by atoms with van der Waals surface area (Å²) >= 11 is 7.15. The number of halogens is 2. The van der Waals surface area contributed by atoms with Crippen LogP contribution in [0.15, 0.2) is 74.1 Å². The van der Waals surface area contributed by atoms with Crippen LogP contribution in [0.25, 0.3) is 11.8 Å². The van der Waals surface area contributed by atoms with E-state index in [9.17, 15) is 9.59 Å². The molecule has 1 aliphatic heterocycles. The largest absolute Gasteiger partial charge is 0.496 e. The summed E-state index contributed by atoms with van der Waals surface area (Å²) in [5.74, 6) is 0.0435. The highest BCUT2D eigenvalue weighted by molar-refractivity contribution is 14.1. The fourth-order valence-electron chi connectivity index (χ4n) is 5.14. The van der Waals surface area contributed by atoms with Gasteiger partial charge in [-0.25, -0.2) is 9.79 Å². The van der Waals surface area contributed by atoms with E-state index < -0.39 is 12.0 Å². The van der Waals surface area contributed by atoms with Gasteiger partial charge in [-0.05, 0) is 117 Å². The molecule has 5 rings (SSSR count). The number of hydrogen-bond donors (Lipinski definition) is 0. The monoisotopic (exact) mass is 745 g/mol. The van der Waals surface area contributed by atoms with Crippen molar-refractivity contribution >= 4 is 61.9 Å². The summed E-state index contributed by atoms with van der Waals surface area (Å²) in [5.41, 5.74) is 5.34. The van der Waals surface area contributed by atoms with Crippen molar-refractivity contribution in [2.24, 2.45) is 4.99 Å². The average Bonchev–Trinajstić information content (AvgIpc) is 3.37. The fraction of sp³-hybridized carbons (Fsp3) is 0.258. The predicted octanol–water partition coefficient (Wildman–Crippen LogP) is 5.97. The van der Waals surface area contributed by atoms with Crippen LogP contribution in [0.1, 0.15) is 49.3 Å². The Bertz CT molecular complexity index is 1880. The number of fused-ring (bicyclic) bond motifs is 1. The standard InChI is InChI=1S/C31H29BrIN3O4S/c1-16(2)40-30(38)27-18(4)34-31-36(28(27)24-15-21(32)7-12-25(24)39-6)29(37)26(41-31)14-20-13-17(3)35(19(20)5)23-10-8-22(33)9-11-23/h7-16,28H,1-6H3/b26-14-/t28-/m1/s1. The SMILES string of the molecule is COc1ccc(Br)cc1[C@@H]1C(C(=O)OC(C)C)=C(C)N=c2s/c(=C\c3cc(C)n(-c4ccc(I)cc4)c3C)c(=O)n21. The van der Waals surface area contributed by atoms with Gasteiger partial charge in [-0.2, -0.15) is 0 Å². The van der Waals surface area contributed by atoms with E-state index in [4.69, 9.17) is 14.5 Å².